The first-order chi connectivity index (χ1) is 16.7. The van der Waals surface area contributed by atoms with Gasteiger partial charge in [0.1, 0.15) is 5.52 Å². The second-order valence-corrected chi connectivity index (χ2v) is 7.45. The van der Waals surface area contributed by atoms with Gasteiger partial charge in [-0.3, -0.25) is 14.5 Å². The highest BCUT2D eigenvalue weighted by atomic mass is 19.1. The van der Waals surface area contributed by atoms with Crippen molar-refractivity contribution in [1.29, 1.82) is 0 Å². The van der Waals surface area contributed by atoms with Gasteiger partial charge in [0.15, 0.2) is 34.8 Å². The number of hydrogen-bond donors (Lipinski definition) is 2. The molecule has 2 N–H and O–H groups in total. The summed E-state index contributed by atoms with van der Waals surface area (Å²) in [5, 5.41) is 17.7. The zero-order valence-electron chi connectivity index (χ0n) is 19.0. The van der Waals surface area contributed by atoms with E-state index in [4.69, 9.17) is 13.9 Å². The lowest BCUT2D eigenvalue weighted by atomic mass is 10.1. The normalized spacial score (nSPS) is 11.9. The van der Waals surface area contributed by atoms with Crippen molar-refractivity contribution in [2.75, 3.05) is 19.5 Å². The van der Waals surface area contributed by atoms with Crippen molar-refractivity contribution in [1.82, 2.24) is 19.7 Å². The number of benzene rings is 1. The number of rotatable bonds is 8. The molecule has 0 radical (unpaired) electrons. The zero-order chi connectivity index (χ0) is 25.3. The van der Waals surface area contributed by atoms with E-state index < -0.39 is 23.3 Å². The van der Waals surface area contributed by atoms with Gasteiger partial charge < -0.3 is 24.3 Å². The third-order valence-corrected chi connectivity index (χ3v) is 5.16. The van der Waals surface area contributed by atoms with Crippen LogP contribution in [0.4, 0.5) is 14.5 Å². The molecule has 1 aromatic carbocycles. The SMILES string of the molecule is C=CC(=O)Nc1cn(C)nc1Cc1cc2nc(C(O)c3c(F)c(OC)cc(OC)c3F)oc2cn1. The fraction of sp³-hybridized carbons (Fsp3) is 0.217. The van der Waals surface area contributed by atoms with Crippen molar-refractivity contribution in [2.24, 2.45) is 7.05 Å². The molecule has 10 nitrogen and oxygen atoms in total. The van der Waals surface area contributed by atoms with E-state index in [2.05, 4.69) is 27.0 Å². The number of fused-ring (bicyclic) bond motifs is 1. The minimum Gasteiger partial charge on any atom is -0.494 e. The first-order valence-electron chi connectivity index (χ1n) is 10.2. The van der Waals surface area contributed by atoms with Gasteiger partial charge in [-0.15, -0.1) is 0 Å². The minimum absolute atomic E-state index is 0.194. The van der Waals surface area contributed by atoms with E-state index >= 15 is 0 Å². The second kappa shape index (κ2) is 9.50. The second-order valence-electron chi connectivity index (χ2n) is 7.45. The number of methoxy groups -OCH3 is 2. The molecule has 0 spiro atoms. The molecular weight excluding hydrogens is 464 g/mol. The molecule has 0 fully saturated rings. The first kappa shape index (κ1) is 23.8. The number of hydrogen-bond acceptors (Lipinski definition) is 8. The van der Waals surface area contributed by atoms with Crippen molar-refractivity contribution in [3.05, 3.63) is 71.7 Å². The summed E-state index contributed by atoms with van der Waals surface area (Å²) in [6.45, 7) is 3.43. The summed E-state index contributed by atoms with van der Waals surface area (Å²) < 4.78 is 46.5. The fourth-order valence-corrected chi connectivity index (χ4v) is 3.50. The Morgan fingerprint density at radius 1 is 1.29 bits per heavy atom. The van der Waals surface area contributed by atoms with Gasteiger partial charge in [-0.1, -0.05) is 6.58 Å². The van der Waals surface area contributed by atoms with E-state index in [0.717, 1.165) is 12.1 Å². The largest absolute Gasteiger partial charge is 0.494 e. The molecule has 3 aromatic heterocycles. The number of nitrogens with zero attached hydrogens (tertiary/aromatic N) is 4. The molecule has 0 bridgehead atoms. The number of pyridine rings is 1. The number of aryl methyl sites for hydroxylation is 1. The summed E-state index contributed by atoms with van der Waals surface area (Å²) >= 11 is 0. The molecule has 35 heavy (non-hydrogen) atoms. The molecule has 0 saturated carbocycles. The quantitative estimate of drug-likeness (QED) is 0.365. The third-order valence-electron chi connectivity index (χ3n) is 5.16. The molecule has 1 amide bonds. The highest BCUT2D eigenvalue weighted by molar-refractivity contribution is 5.99. The van der Waals surface area contributed by atoms with Crippen LogP contribution in [-0.2, 0) is 18.3 Å². The lowest BCUT2D eigenvalue weighted by Gasteiger charge is -2.14. The summed E-state index contributed by atoms with van der Waals surface area (Å²) in [5.74, 6) is -3.57. The minimum atomic E-state index is -1.88. The van der Waals surface area contributed by atoms with Crippen LogP contribution in [0.25, 0.3) is 11.1 Å². The number of ether oxygens (including phenoxy) is 2. The maximum absolute atomic E-state index is 14.8. The number of aliphatic hydroxyl groups is 1. The summed E-state index contributed by atoms with van der Waals surface area (Å²) in [7, 11) is 4.11. The van der Waals surface area contributed by atoms with Crippen molar-refractivity contribution >= 4 is 22.7 Å². The number of oxazole rings is 1. The van der Waals surface area contributed by atoms with Crippen LogP contribution in [0.3, 0.4) is 0 Å². The molecule has 4 aromatic rings. The lowest BCUT2D eigenvalue weighted by Crippen LogP contribution is -2.09. The topological polar surface area (TPSA) is 125 Å². The molecule has 3 heterocycles. The number of aromatic nitrogens is 4. The number of aliphatic hydroxyl groups excluding tert-OH is 1. The number of halogens is 2. The highest BCUT2D eigenvalue weighted by Crippen LogP contribution is 2.37. The van der Waals surface area contributed by atoms with E-state index in [1.54, 1.807) is 24.0 Å². The van der Waals surface area contributed by atoms with Crippen LogP contribution in [0.1, 0.15) is 28.9 Å². The molecule has 4 rings (SSSR count). The monoisotopic (exact) mass is 485 g/mol. The summed E-state index contributed by atoms with van der Waals surface area (Å²) in [4.78, 5) is 20.2. The van der Waals surface area contributed by atoms with Gasteiger partial charge in [0.05, 0.1) is 37.4 Å². The molecule has 0 aliphatic carbocycles. The standard InChI is InChI=1S/C23H21F2N5O5/c1-5-18(31)27-14-10-30(2)29-12(14)6-11-7-13-17(9-26-11)35-23(28-13)22(32)19-20(24)15(33-3)8-16(34-4)21(19)25/h5,7-10,22,32H,1,6H2,2-4H3,(H,27,31). The average Bonchev–Trinajstić information content (AvgIpc) is 3.41. The molecule has 0 aliphatic heterocycles. The summed E-state index contributed by atoms with van der Waals surface area (Å²) in [5.41, 5.74) is 1.34. The molecule has 0 aliphatic rings. The third kappa shape index (κ3) is 4.55. The Kier molecular flexibility index (Phi) is 6.47. The molecule has 1 atom stereocenters. The maximum Gasteiger partial charge on any atom is 0.247 e. The Balaban J connectivity index is 1.67. The van der Waals surface area contributed by atoms with Gasteiger partial charge in [-0.05, 0) is 12.1 Å². The van der Waals surface area contributed by atoms with Gasteiger partial charge in [0, 0.05) is 31.4 Å². The average molecular weight is 485 g/mol. The van der Waals surface area contributed by atoms with E-state index in [1.807, 2.05) is 0 Å². The lowest BCUT2D eigenvalue weighted by molar-refractivity contribution is -0.111. The van der Waals surface area contributed by atoms with Crippen LogP contribution in [0.2, 0.25) is 0 Å². The van der Waals surface area contributed by atoms with Gasteiger partial charge in [-0.25, -0.2) is 13.8 Å². The van der Waals surface area contributed by atoms with Gasteiger partial charge >= 0.3 is 0 Å². The Morgan fingerprint density at radius 3 is 2.60 bits per heavy atom. The van der Waals surface area contributed by atoms with Crippen LogP contribution in [0.15, 0.2) is 41.6 Å². The molecule has 1 unspecified atom stereocenters. The Labute approximate surface area is 197 Å². The van der Waals surface area contributed by atoms with E-state index in [-0.39, 0.29) is 35.3 Å². The predicted molar refractivity (Wildman–Crippen MR) is 120 cm³/mol. The van der Waals surface area contributed by atoms with E-state index in [9.17, 15) is 18.7 Å². The zero-order valence-corrected chi connectivity index (χ0v) is 19.0. The van der Waals surface area contributed by atoms with Gasteiger partial charge in [-0.2, -0.15) is 5.10 Å². The van der Waals surface area contributed by atoms with E-state index in [0.29, 0.717) is 22.6 Å². The number of anilines is 1. The molecule has 12 heteroatoms. The number of amides is 1. The Morgan fingerprint density at radius 2 is 1.97 bits per heavy atom. The van der Waals surface area contributed by atoms with Gasteiger partial charge in [0.2, 0.25) is 11.8 Å². The van der Waals surface area contributed by atoms with E-state index in [1.165, 1.54) is 20.4 Å². The molecular formula is C23H21F2N5O5. The summed E-state index contributed by atoms with van der Waals surface area (Å²) in [6.07, 6.45) is 2.52. The number of carbonyl (C=O) groups excluding carboxylic acids is 1. The predicted octanol–water partition coefficient (Wildman–Crippen LogP) is 3.05. The maximum atomic E-state index is 14.8. The Bertz CT molecular complexity index is 1400. The Hall–Kier alpha value is -4.32. The van der Waals surface area contributed by atoms with Crippen LogP contribution < -0.4 is 14.8 Å². The smallest absolute Gasteiger partial charge is 0.247 e. The fourth-order valence-electron chi connectivity index (χ4n) is 3.50. The van der Waals surface area contributed by atoms with Crippen LogP contribution >= 0.6 is 0 Å². The number of carbonyl (C=O) groups is 1. The van der Waals surface area contributed by atoms with Gasteiger partial charge in [0.25, 0.3) is 0 Å². The van der Waals surface area contributed by atoms with Crippen molar-refractivity contribution < 1.29 is 32.6 Å². The number of nitrogens with one attached hydrogen (secondary N) is 1. The van der Waals surface area contributed by atoms with Crippen molar-refractivity contribution in [3.63, 3.8) is 0 Å². The van der Waals surface area contributed by atoms with Crippen LogP contribution in [0, 0.1) is 11.6 Å². The molecule has 182 valence electrons. The first-order valence-corrected chi connectivity index (χ1v) is 10.2. The van der Waals surface area contributed by atoms with Crippen LogP contribution in [-0.4, -0.2) is 45.0 Å². The molecule has 0 saturated heterocycles. The van der Waals surface area contributed by atoms with Crippen molar-refractivity contribution in [3.8, 4) is 11.5 Å². The van der Waals surface area contributed by atoms with Crippen LogP contribution in [0.5, 0.6) is 11.5 Å². The highest BCUT2D eigenvalue weighted by Gasteiger charge is 2.30. The summed E-state index contributed by atoms with van der Waals surface area (Å²) in [6, 6.07) is 2.62. The van der Waals surface area contributed by atoms with Crippen molar-refractivity contribution in [2.45, 2.75) is 12.5 Å².